The second kappa shape index (κ2) is 6.91. The zero-order valence-corrected chi connectivity index (χ0v) is 17.7. The lowest BCUT2D eigenvalue weighted by Crippen LogP contribution is -2.44. The number of hydrogen-bond donors (Lipinski definition) is 0. The van der Waals surface area contributed by atoms with Crippen LogP contribution in [0.4, 0.5) is 0 Å². The van der Waals surface area contributed by atoms with Gasteiger partial charge < -0.3 is 4.43 Å². The number of benzene rings is 1. The minimum atomic E-state index is -1.83. The Labute approximate surface area is 149 Å². The topological polar surface area (TPSA) is 21.7 Å². The molecule has 0 aliphatic carbocycles. The molecule has 1 aliphatic heterocycles. The van der Waals surface area contributed by atoms with Crippen LogP contribution in [-0.2, 0) is 15.8 Å². The van der Waals surface area contributed by atoms with E-state index in [9.17, 15) is 0 Å². The van der Waals surface area contributed by atoms with E-state index in [1.165, 1.54) is 5.56 Å². The third kappa shape index (κ3) is 4.69. The predicted octanol–water partition coefficient (Wildman–Crippen LogP) is 5.59. The van der Waals surface area contributed by atoms with Crippen molar-refractivity contribution in [1.29, 1.82) is 0 Å². The Hall–Kier alpha value is -0.683. The number of rotatable bonds is 4. The van der Waals surface area contributed by atoms with Crippen LogP contribution in [0.25, 0.3) is 0 Å². The highest BCUT2D eigenvalue weighted by atomic mass is 28.4. The molecule has 2 rings (SSSR count). The Balaban J connectivity index is 2.13. The van der Waals surface area contributed by atoms with Crippen molar-refractivity contribution >= 4 is 8.32 Å². The molecule has 3 nitrogen and oxygen atoms in total. The number of hydroxylamine groups is 2. The molecule has 0 spiro atoms. The van der Waals surface area contributed by atoms with Crippen LogP contribution in [0.2, 0.25) is 18.1 Å². The Bertz CT molecular complexity index is 531. The molecule has 1 aliphatic rings. The lowest BCUT2D eigenvalue weighted by Gasteiger charge is -2.37. The van der Waals surface area contributed by atoms with Crippen molar-refractivity contribution in [2.24, 2.45) is 5.41 Å². The molecule has 0 unspecified atom stereocenters. The molecule has 24 heavy (non-hydrogen) atoms. The molecule has 0 bridgehead atoms. The van der Waals surface area contributed by atoms with Crippen LogP contribution in [0.5, 0.6) is 0 Å². The van der Waals surface area contributed by atoms with E-state index in [1.807, 2.05) is 0 Å². The summed E-state index contributed by atoms with van der Waals surface area (Å²) in [5, 5.41) is 2.34. The summed E-state index contributed by atoms with van der Waals surface area (Å²) in [6.45, 7) is 19.1. The Morgan fingerprint density at radius 1 is 1.08 bits per heavy atom. The number of hydrogen-bond acceptors (Lipinski definition) is 3. The summed E-state index contributed by atoms with van der Waals surface area (Å²) < 4.78 is 6.53. The van der Waals surface area contributed by atoms with Crippen molar-refractivity contribution in [3.8, 4) is 0 Å². The van der Waals surface area contributed by atoms with E-state index < -0.39 is 8.32 Å². The molecule has 1 heterocycles. The fraction of sp³-hybridized carbons (Fsp3) is 0.700. The first-order valence-corrected chi connectivity index (χ1v) is 12.0. The molecule has 1 fully saturated rings. The summed E-state index contributed by atoms with van der Waals surface area (Å²) in [6, 6.07) is 10.9. The monoisotopic (exact) mass is 349 g/mol. The molecule has 0 radical (unpaired) electrons. The van der Waals surface area contributed by atoms with E-state index in [0.717, 1.165) is 13.0 Å². The van der Waals surface area contributed by atoms with Crippen LogP contribution in [0.15, 0.2) is 30.3 Å². The van der Waals surface area contributed by atoms with Gasteiger partial charge in [0.05, 0.1) is 0 Å². The minimum absolute atomic E-state index is 0.126. The second-order valence-electron chi connectivity index (χ2n) is 9.59. The largest absolute Gasteiger partial charge is 0.391 e. The van der Waals surface area contributed by atoms with Gasteiger partial charge >= 0.3 is 0 Å². The van der Waals surface area contributed by atoms with Crippen LogP contribution in [0.3, 0.4) is 0 Å². The summed E-state index contributed by atoms with van der Waals surface area (Å²) in [5.41, 5.74) is 1.43. The third-order valence-corrected chi connectivity index (χ3v) is 9.89. The molecule has 1 aromatic rings. The van der Waals surface area contributed by atoms with Crippen LogP contribution < -0.4 is 0 Å². The van der Waals surface area contributed by atoms with Crippen molar-refractivity contribution in [1.82, 2.24) is 5.06 Å². The van der Waals surface area contributed by atoms with E-state index in [4.69, 9.17) is 9.26 Å². The summed E-state index contributed by atoms with van der Waals surface area (Å²) in [5.74, 6) is 0. The zero-order chi connectivity index (χ0) is 18.2. The Morgan fingerprint density at radius 3 is 2.17 bits per heavy atom. The van der Waals surface area contributed by atoms with Crippen molar-refractivity contribution in [3.63, 3.8) is 0 Å². The van der Waals surface area contributed by atoms with Gasteiger partial charge in [0.15, 0.2) is 14.6 Å². The fourth-order valence-corrected chi connectivity index (χ4v) is 3.99. The molecular weight excluding hydrogens is 314 g/mol. The van der Waals surface area contributed by atoms with Gasteiger partial charge in [0.2, 0.25) is 0 Å². The van der Waals surface area contributed by atoms with Crippen molar-refractivity contribution in [2.45, 2.75) is 85.0 Å². The highest BCUT2D eigenvalue weighted by Crippen LogP contribution is 2.41. The second-order valence-corrected chi connectivity index (χ2v) is 14.3. The van der Waals surface area contributed by atoms with E-state index in [-0.39, 0.29) is 16.7 Å². The molecule has 1 saturated heterocycles. The minimum Gasteiger partial charge on any atom is -0.391 e. The average molecular weight is 350 g/mol. The van der Waals surface area contributed by atoms with Gasteiger partial charge in [-0.25, -0.2) is 0 Å². The Kier molecular flexibility index (Phi) is 5.65. The van der Waals surface area contributed by atoms with Crippen LogP contribution in [-0.4, -0.2) is 25.7 Å². The first-order chi connectivity index (χ1) is 10.9. The lowest BCUT2D eigenvalue weighted by molar-refractivity contribution is -0.228. The summed E-state index contributed by atoms with van der Waals surface area (Å²) in [4.78, 5) is 6.28. The normalized spacial score (nSPS) is 23.7. The van der Waals surface area contributed by atoms with Crippen molar-refractivity contribution in [3.05, 3.63) is 35.9 Å². The van der Waals surface area contributed by atoms with Gasteiger partial charge in [-0.1, -0.05) is 71.9 Å². The smallest absolute Gasteiger partial charge is 0.195 e. The van der Waals surface area contributed by atoms with Gasteiger partial charge in [0, 0.05) is 19.0 Å². The van der Waals surface area contributed by atoms with Crippen LogP contribution in [0, 0.1) is 5.41 Å². The fourth-order valence-electron chi connectivity index (χ4n) is 2.84. The van der Waals surface area contributed by atoms with Crippen molar-refractivity contribution < 1.29 is 9.26 Å². The van der Waals surface area contributed by atoms with Gasteiger partial charge in [-0.05, 0) is 29.1 Å². The molecular formula is C20H35NO2Si. The van der Waals surface area contributed by atoms with E-state index in [1.54, 1.807) is 0 Å². The SMILES string of the molecule is CC(C)(C)[C@@H]1C[C@@H](O[Si](C)(C)C(C)(C)C)ON1Cc1ccccc1. The predicted molar refractivity (Wildman–Crippen MR) is 103 cm³/mol. The third-order valence-electron chi connectivity index (χ3n) is 5.43. The summed E-state index contributed by atoms with van der Waals surface area (Å²) in [6.07, 6.45) is 0.807. The lowest BCUT2D eigenvalue weighted by atomic mass is 9.85. The first kappa shape index (κ1) is 19.6. The highest BCUT2D eigenvalue weighted by molar-refractivity contribution is 6.74. The van der Waals surface area contributed by atoms with Crippen LogP contribution in [0.1, 0.15) is 53.5 Å². The molecule has 1 aromatic carbocycles. The first-order valence-electron chi connectivity index (χ1n) is 9.05. The molecule has 2 atom stereocenters. The van der Waals surface area contributed by atoms with E-state index in [0.29, 0.717) is 6.04 Å². The highest BCUT2D eigenvalue weighted by Gasteiger charge is 2.46. The molecule has 0 amide bonds. The zero-order valence-electron chi connectivity index (χ0n) is 16.7. The van der Waals surface area contributed by atoms with Crippen LogP contribution >= 0.6 is 0 Å². The number of nitrogens with zero attached hydrogens (tertiary/aromatic N) is 1. The van der Waals surface area contributed by atoms with Gasteiger partial charge in [0.1, 0.15) is 0 Å². The molecule has 136 valence electrons. The van der Waals surface area contributed by atoms with Gasteiger partial charge in [-0.2, -0.15) is 5.06 Å². The Morgan fingerprint density at radius 2 is 1.67 bits per heavy atom. The standard InChI is InChI=1S/C20H35NO2Si/c1-19(2,3)17-14-18(23-24(7,8)20(4,5)6)22-21(17)15-16-12-10-9-11-13-16/h9-13,17-18H,14-15H2,1-8H3/t17-,18+/m0/s1. The van der Waals surface area contributed by atoms with Gasteiger partial charge in [-0.3, -0.25) is 4.84 Å². The van der Waals surface area contributed by atoms with E-state index >= 15 is 0 Å². The quantitative estimate of drug-likeness (QED) is 0.662. The van der Waals surface area contributed by atoms with Gasteiger partial charge in [-0.15, -0.1) is 0 Å². The summed E-state index contributed by atoms with van der Waals surface area (Å²) in [7, 11) is -1.83. The van der Waals surface area contributed by atoms with Crippen molar-refractivity contribution in [2.75, 3.05) is 0 Å². The molecule has 4 heteroatoms. The molecule has 0 aromatic heterocycles. The maximum Gasteiger partial charge on any atom is 0.195 e. The molecule has 0 N–H and O–H groups in total. The average Bonchev–Trinajstić information content (AvgIpc) is 2.80. The molecule has 0 saturated carbocycles. The summed E-state index contributed by atoms with van der Waals surface area (Å²) >= 11 is 0. The maximum absolute atomic E-state index is 6.53. The van der Waals surface area contributed by atoms with E-state index in [2.05, 4.69) is 90.0 Å². The van der Waals surface area contributed by atoms with Gasteiger partial charge in [0.25, 0.3) is 0 Å². The maximum atomic E-state index is 6.53.